The fourth-order valence-corrected chi connectivity index (χ4v) is 4.16. The van der Waals surface area contributed by atoms with E-state index < -0.39 is 4.92 Å². The molecule has 0 atom stereocenters. The minimum Gasteiger partial charge on any atom is -0.487 e. The minimum absolute atomic E-state index is 0.0767. The van der Waals surface area contributed by atoms with E-state index in [9.17, 15) is 10.1 Å². The molecule has 0 amide bonds. The molecule has 0 saturated carbocycles. The van der Waals surface area contributed by atoms with Crippen molar-refractivity contribution < 1.29 is 9.66 Å². The summed E-state index contributed by atoms with van der Waals surface area (Å²) in [6, 6.07) is 14.1. The molecule has 0 unspecified atom stereocenters. The van der Waals surface area contributed by atoms with Crippen LogP contribution in [0.1, 0.15) is 11.1 Å². The van der Waals surface area contributed by atoms with Gasteiger partial charge in [-0.15, -0.1) is 0 Å². The van der Waals surface area contributed by atoms with Gasteiger partial charge in [0.25, 0.3) is 5.69 Å². The van der Waals surface area contributed by atoms with Gasteiger partial charge in [-0.1, -0.05) is 23.7 Å². The van der Waals surface area contributed by atoms with Gasteiger partial charge in [0.15, 0.2) is 0 Å². The van der Waals surface area contributed by atoms with Gasteiger partial charge < -0.3 is 4.74 Å². The maximum absolute atomic E-state index is 10.6. The second-order valence-electron chi connectivity index (χ2n) is 5.76. The molecule has 0 radical (unpaired) electrons. The third-order valence-corrected chi connectivity index (χ3v) is 5.31. The van der Waals surface area contributed by atoms with Gasteiger partial charge >= 0.3 is 0 Å². The number of hydrogen-bond acceptors (Lipinski definition) is 6. The van der Waals surface area contributed by atoms with Crippen LogP contribution in [0.4, 0.5) is 11.5 Å². The predicted octanol–water partition coefficient (Wildman–Crippen LogP) is 6.04. The molecule has 0 aliphatic carbocycles. The van der Waals surface area contributed by atoms with E-state index in [1.165, 1.54) is 18.3 Å². The molecule has 10 heteroatoms. The molecule has 7 nitrogen and oxygen atoms in total. The first-order valence-electron chi connectivity index (χ1n) is 8.18. The van der Waals surface area contributed by atoms with Crippen molar-refractivity contribution >= 4 is 67.8 Å². The molecule has 0 spiro atoms. The normalized spacial score (nSPS) is 10.9. The summed E-state index contributed by atoms with van der Waals surface area (Å²) in [7, 11) is 0. The Morgan fingerprint density at radius 1 is 1.28 bits per heavy atom. The number of hydrogen-bond donors (Lipinski definition) is 1. The number of nitrogens with zero attached hydrogens (tertiary/aromatic N) is 3. The quantitative estimate of drug-likeness (QED) is 0.158. The van der Waals surface area contributed by atoms with Crippen LogP contribution in [0.15, 0.2) is 64.3 Å². The van der Waals surface area contributed by atoms with Gasteiger partial charge in [0, 0.05) is 11.1 Å². The molecule has 0 fully saturated rings. The Bertz CT molecular complexity index is 1020. The first-order chi connectivity index (χ1) is 13.9. The Labute approximate surface area is 193 Å². The Kier molecular flexibility index (Phi) is 7.40. The monoisotopic (exact) mass is 586 g/mol. The number of nitrogens with one attached hydrogen (secondary N) is 1. The fourth-order valence-electron chi connectivity index (χ4n) is 2.26. The Morgan fingerprint density at radius 3 is 2.66 bits per heavy atom. The van der Waals surface area contributed by atoms with Gasteiger partial charge in [0.05, 0.1) is 19.2 Å². The Morgan fingerprint density at radius 2 is 2.03 bits per heavy atom. The van der Waals surface area contributed by atoms with Gasteiger partial charge in [0.1, 0.15) is 24.4 Å². The molecular formula is C19H13BrClIN4O3. The first-order valence-corrected chi connectivity index (χ1v) is 10.4. The van der Waals surface area contributed by atoms with Gasteiger partial charge in [-0.3, -0.25) is 15.5 Å². The van der Waals surface area contributed by atoms with Crippen molar-refractivity contribution in [2.45, 2.75) is 6.61 Å². The number of pyridine rings is 1. The van der Waals surface area contributed by atoms with Crippen LogP contribution in [0.3, 0.4) is 0 Å². The van der Waals surface area contributed by atoms with Crippen LogP contribution in [0, 0.1) is 13.7 Å². The molecule has 0 saturated heterocycles. The second-order valence-corrected chi connectivity index (χ2v) is 8.21. The zero-order valence-electron chi connectivity index (χ0n) is 14.7. The molecule has 1 heterocycles. The van der Waals surface area contributed by atoms with Crippen molar-refractivity contribution in [3.05, 3.63) is 89.0 Å². The summed E-state index contributed by atoms with van der Waals surface area (Å²) in [4.78, 5) is 14.1. The number of aromatic nitrogens is 1. The molecule has 0 aliphatic heterocycles. The molecule has 0 bridgehead atoms. The van der Waals surface area contributed by atoms with E-state index >= 15 is 0 Å². The lowest BCUT2D eigenvalue weighted by atomic mass is 10.2. The highest BCUT2D eigenvalue weighted by molar-refractivity contribution is 14.1. The molecule has 3 rings (SSSR count). The molecule has 2 aromatic carbocycles. The Hall–Kier alpha value is -2.24. The molecule has 29 heavy (non-hydrogen) atoms. The summed E-state index contributed by atoms with van der Waals surface area (Å²) in [5.41, 5.74) is 4.52. The van der Waals surface area contributed by atoms with Gasteiger partial charge in [-0.2, -0.15) is 5.10 Å². The molecular weight excluding hydrogens is 574 g/mol. The van der Waals surface area contributed by atoms with Crippen LogP contribution < -0.4 is 10.2 Å². The van der Waals surface area contributed by atoms with E-state index in [1.54, 1.807) is 6.21 Å². The predicted molar refractivity (Wildman–Crippen MR) is 125 cm³/mol. The minimum atomic E-state index is -0.504. The van der Waals surface area contributed by atoms with Crippen LogP contribution in [0.25, 0.3) is 0 Å². The first kappa shape index (κ1) is 21.5. The van der Waals surface area contributed by atoms with E-state index in [4.69, 9.17) is 16.3 Å². The average Bonchev–Trinajstić information content (AvgIpc) is 2.69. The summed E-state index contributed by atoms with van der Waals surface area (Å²) in [5, 5.41) is 15.4. The SMILES string of the molecule is O=[N+]([O-])c1ccc(N/N=C/c2cc(Br)c(OCc3ccc(Cl)cc3)c(I)c2)nc1. The van der Waals surface area contributed by atoms with Gasteiger partial charge in [0.2, 0.25) is 0 Å². The largest absolute Gasteiger partial charge is 0.487 e. The van der Waals surface area contributed by atoms with Crippen molar-refractivity contribution in [1.29, 1.82) is 0 Å². The standard InChI is InChI=1S/C19H13BrClIN4O3/c20-16-7-13(9-24-25-18-6-5-15(10-23-18)26(27)28)8-17(22)19(16)29-11-12-1-3-14(21)4-2-12/h1-10H,11H2,(H,23,25)/b24-9+. The number of ether oxygens (including phenoxy) is 1. The van der Waals surface area contributed by atoms with Crippen LogP contribution in [-0.4, -0.2) is 16.1 Å². The molecule has 3 aromatic rings. The van der Waals surface area contributed by atoms with Crippen LogP contribution in [0.5, 0.6) is 5.75 Å². The summed E-state index contributed by atoms with van der Waals surface area (Å²) in [6.45, 7) is 0.423. The smallest absolute Gasteiger partial charge is 0.287 e. The Balaban J connectivity index is 1.64. The number of rotatable bonds is 7. The highest BCUT2D eigenvalue weighted by Gasteiger charge is 2.09. The lowest BCUT2D eigenvalue weighted by Crippen LogP contribution is -1.99. The highest BCUT2D eigenvalue weighted by atomic mass is 127. The maximum atomic E-state index is 10.6. The van der Waals surface area contributed by atoms with E-state index in [0.29, 0.717) is 17.4 Å². The molecule has 0 aliphatic rings. The molecule has 1 aromatic heterocycles. The maximum Gasteiger partial charge on any atom is 0.287 e. The van der Waals surface area contributed by atoms with E-state index in [-0.39, 0.29) is 5.69 Å². The summed E-state index contributed by atoms with van der Waals surface area (Å²) in [6.07, 6.45) is 2.79. The highest BCUT2D eigenvalue weighted by Crippen LogP contribution is 2.32. The van der Waals surface area contributed by atoms with E-state index in [2.05, 4.69) is 54.0 Å². The second kappa shape index (κ2) is 9.99. The molecule has 148 valence electrons. The number of benzene rings is 2. The van der Waals surface area contributed by atoms with Gasteiger partial charge in [-0.05, 0) is 80.0 Å². The summed E-state index contributed by atoms with van der Waals surface area (Å²) in [5.74, 6) is 1.14. The molecule has 1 N–H and O–H groups in total. The lowest BCUT2D eigenvalue weighted by Gasteiger charge is -2.11. The van der Waals surface area contributed by atoms with Crippen molar-refractivity contribution in [2.24, 2.45) is 5.10 Å². The van der Waals surface area contributed by atoms with Crippen LogP contribution in [-0.2, 0) is 6.61 Å². The third-order valence-electron chi connectivity index (χ3n) is 3.67. The topological polar surface area (TPSA) is 89.7 Å². The summed E-state index contributed by atoms with van der Waals surface area (Å²) < 4.78 is 7.65. The average molecular weight is 588 g/mol. The van der Waals surface area contributed by atoms with Crippen molar-refractivity contribution in [3.8, 4) is 5.75 Å². The zero-order valence-corrected chi connectivity index (χ0v) is 19.2. The fraction of sp³-hybridized carbons (Fsp3) is 0.0526. The lowest BCUT2D eigenvalue weighted by molar-refractivity contribution is -0.385. The van der Waals surface area contributed by atoms with E-state index in [1.807, 2.05) is 36.4 Å². The number of hydrazone groups is 1. The number of anilines is 1. The van der Waals surface area contributed by atoms with Crippen molar-refractivity contribution in [3.63, 3.8) is 0 Å². The third kappa shape index (κ3) is 6.12. The van der Waals surface area contributed by atoms with E-state index in [0.717, 1.165) is 24.9 Å². The van der Waals surface area contributed by atoms with Crippen LogP contribution in [0.2, 0.25) is 5.02 Å². The number of halogens is 3. The van der Waals surface area contributed by atoms with Crippen LogP contribution >= 0.6 is 50.1 Å². The van der Waals surface area contributed by atoms with Crippen molar-refractivity contribution in [1.82, 2.24) is 4.98 Å². The number of nitro groups is 1. The van der Waals surface area contributed by atoms with Crippen molar-refractivity contribution in [2.75, 3.05) is 5.43 Å². The van der Waals surface area contributed by atoms with Gasteiger partial charge in [-0.25, -0.2) is 4.98 Å². The summed E-state index contributed by atoms with van der Waals surface area (Å²) >= 11 is 11.6. The zero-order chi connectivity index (χ0) is 20.8.